The molecule has 0 aliphatic carbocycles. The Hall–Kier alpha value is -0.610. The van der Waals surface area contributed by atoms with Crippen LogP contribution in [-0.2, 0) is 4.79 Å². The smallest absolute Gasteiger partial charge is 0.304 e. The lowest BCUT2D eigenvalue weighted by Gasteiger charge is -2.33. The highest BCUT2D eigenvalue weighted by Crippen LogP contribution is 2.15. The van der Waals surface area contributed by atoms with Crippen molar-refractivity contribution in [2.45, 2.75) is 51.6 Å². The number of hydrogen-bond donors (Lipinski definition) is 3. The summed E-state index contributed by atoms with van der Waals surface area (Å²) < 4.78 is 0. The average Bonchev–Trinajstić information content (AvgIpc) is 2.13. The molecule has 0 radical (unpaired) electrons. The maximum atomic E-state index is 10.5. The van der Waals surface area contributed by atoms with E-state index < -0.39 is 5.97 Å². The average molecular weight is 203 g/mol. The highest BCUT2D eigenvalue weighted by atomic mass is 16.4. The van der Waals surface area contributed by atoms with Gasteiger partial charge in [0.2, 0.25) is 0 Å². The van der Waals surface area contributed by atoms with Gasteiger partial charge in [-0.3, -0.25) is 4.79 Å². The summed E-state index contributed by atoms with van der Waals surface area (Å²) in [4.78, 5) is 10.5. The number of carbonyl (C=O) groups is 1. The Morgan fingerprint density at radius 3 is 2.21 bits per heavy atom. The molecule has 0 amide bonds. The normalized spacial score (nSPS) is 14.0. The van der Waals surface area contributed by atoms with Gasteiger partial charge in [0.1, 0.15) is 0 Å². The van der Waals surface area contributed by atoms with Crippen LogP contribution in [-0.4, -0.2) is 34.4 Å². The van der Waals surface area contributed by atoms with Gasteiger partial charge in [-0.05, 0) is 19.8 Å². The van der Waals surface area contributed by atoms with Crippen molar-refractivity contribution in [2.75, 3.05) is 6.61 Å². The third kappa shape index (κ3) is 4.07. The third-order valence-electron chi connectivity index (χ3n) is 2.69. The fourth-order valence-electron chi connectivity index (χ4n) is 1.56. The number of aliphatic hydroxyl groups is 1. The van der Waals surface area contributed by atoms with E-state index in [0.29, 0.717) is 0 Å². The van der Waals surface area contributed by atoms with Crippen LogP contribution in [0.25, 0.3) is 0 Å². The van der Waals surface area contributed by atoms with Gasteiger partial charge in [0, 0.05) is 11.6 Å². The van der Waals surface area contributed by atoms with Crippen LogP contribution in [0.2, 0.25) is 0 Å². The standard InChI is InChI=1S/C10H21NO3/c1-4-10(5-2,7-12)11-8(3)6-9(13)14/h8,11-12H,4-7H2,1-3H3,(H,13,14). The summed E-state index contributed by atoms with van der Waals surface area (Å²) in [6.07, 6.45) is 1.68. The lowest BCUT2D eigenvalue weighted by atomic mass is 9.92. The summed E-state index contributed by atoms with van der Waals surface area (Å²) in [7, 11) is 0. The maximum Gasteiger partial charge on any atom is 0.304 e. The van der Waals surface area contributed by atoms with Crippen LogP contribution in [0.3, 0.4) is 0 Å². The van der Waals surface area contributed by atoms with Gasteiger partial charge in [-0.2, -0.15) is 0 Å². The summed E-state index contributed by atoms with van der Waals surface area (Å²) in [6.45, 7) is 5.84. The summed E-state index contributed by atoms with van der Waals surface area (Å²) in [5.41, 5.74) is -0.325. The Morgan fingerprint density at radius 2 is 1.93 bits per heavy atom. The summed E-state index contributed by atoms with van der Waals surface area (Å²) >= 11 is 0. The van der Waals surface area contributed by atoms with Crippen molar-refractivity contribution in [3.05, 3.63) is 0 Å². The zero-order chi connectivity index (χ0) is 11.2. The minimum atomic E-state index is -0.816. The molecule has 0 aliphatic heterocycles. The maximum absolute atomic E-state index is 10.5. The van der Waals surface area contributed by atoms with Crippen molar-refractivity contribution in [1.82, 2.24) is 5.32 Å². The van der Waals surface area contributed by atoms with Crippen molar-refractivity contribution in [2.24, 2.45) is 0 Å². The fourth-order valence-corrected chi connectivity index (χ4v) is 1.56. The Bertz CT molecular complexity index is 170. The highest BCUT2D eigenvalue weighted by Gasteiger charge is 2.27. The predicted octanol–water partition coefficient (Wildman–Crippen LogP) is 0.990. The van der Waals surface area contributed by atoms with Crippen LogP contribution in [0.4, 0.5) is 0 Å². The van der Waals surface area contributed by atoms with Gasteiger partial charge in [0.15, 0.2) is 0 Å². The molecule has 0 aromatic heterocycles. The molecule has 0 aliphatic rings. The zero-order valence-electron chi connectivity index (χ0n) is 9.21. The topological polar surface area (TPSA) is 69.6 Å². The van der Waals surface area contributed by atoms with E-state index in [9.17, 15) is 9.90 Å². The van der Waals surface area contributed by atoms with Gasteiger partial charge in [0.05, 0.1) is 13.0 Å². The molecule has 0 heterocycles. The summed E-state index contributed by atoms with van der Waals surface area (Å²) in [5, 5.41) is 21.0. The SMILES string of the molecule is CCC(CC)(CO)NC(C)CC(=O)O. The predicted molar refractivity (Wildman–Crippen MR) is 55.2 cm³/mol. The van der Waals surface area contributed by atoms with Crippen molar-refractivity contribution in [3.63, 3.8) is 0 Å². The number of carboxylic acids is 1. The molecule has 0 saturated carbocycles. The minimum absolute atomic E-state index is 0.0456. The Balaban J connectivity index is 4.21. The van der Waals surface area contributed by atoms with E-state index >= 15 is 0 Å². The number of carboxylic acid groups (broad SMARTS) is 1. The molecule has 1 unspecified atom stereocenters. The van der Waals surface area contributed by atoms with Gasteiger partial charge < -0.3 is 15.5 Å². The first kappa shape index (κ1) is 13.4. The van der Waals surface area contributed by atoms with Crippen molar-refractivity contribution in [3.8, 4) is 0 Å². The van der Waals surface area contributed by atoms with Gasteiger partial charge in [0.25, 0.3) is 0 Å². The van der Waals surface area contributed by atoms with E-state index in [4.69, 9.17) is 5.11 Å². The van der Waals surface area contributed by atoms with Crippen molar-refractivity contribution < 1.29 is 15.0 Å². The Labute approximate surface area is 85.3 Å². The molecule has 0 rings (SSSR count). The van der Waals surface area contributed by atoms with E-state index in [2.05, 4.69) is 5.32 Å². The number of hydrogen-bond acceptors (Lipinski definition) is 3. The molecule has 84 valence electrons. The van der Waals surface area contributed by atoms with Gasteiger partial charge >= 0.3 is 5.97 Å². The number of aliphatic hydroxyl groups excluding tert-OH is 1. The quantitative estimate of drug-likeness (QED) is 0.577. The largest absolute Gasteiger partial charge is 0.481 e. The zero-order valence-corrected chi connectivity index (χ0v) is 9.21. The fraction of sp³-hybridized carbons (Fsp3) is 0.900. The van der Waals surface area contributed by atoms with E-state index in [-0.39, 0.29) is 24.6 Å². The molecule has 4 heteroatoms. The Kier molecular flexibility index (Phi) is 5.72. The van der Waals surface area contributed by atoms with Crippen LogP contribution in [0.5, 0.6) is 0 Å². The van der Waals surface area contributed by atoms with Gasteiger partial charge in [-0.15, -0.1) is 0 Å². The summed E-state index contributed by atoms with van der Waals surface area (Å²) in [5.74, 6) is -0.816. The van der Waals surface area contributed by atoms with Crippen molar-refractivity contribution >= 4 is 5.97 Å². The van der Waals surface area contributed by atoms with Gasteiger partial charge in [-0.1, -0.05) is 13.8 Å². The first-order chi connectivity index (χ1) is 6.49. The Morgan fingerprint density at radius 1 is 1.43 bits per heavy atom. The molecule has 0 aromatic rings. The minimum Gasteiger partial charge on any atom is -0.481 e. The van der Waals surface area contributed by atoms with E-state index in [1.54, 1.807) is 0 Å². The second-order valence-corrected chi connectivity index (χ2v) is 3.79. The van der Waals surface area contributed by atoms with E-state index in [1.165, 1.54) is 0 Å². The summed E-state index contributed by atoms with van der Waals surface area (Å²) in [6, 6.07) is -0.112. The van der Waals surface area contributed by atoms with Crippen LogP contribution >= 0.6 is 0 Å². The molecule has 0 fully saturated rings. The molecule has 0 aromatic carbocycles. The molecule has 14 heavy (non-hydrogen) atoms. The lowest BCUT2D eigenvalue weighted by Crippen LogP contribution is -2.51. The molecule has 0 bridgehead atoms. The van der Waals surface area contributed by atoms with E-state index in [0.717, 1.165) is 12.8 Å². The van der Waals surface area contributed by atoms with Crippen LogP contribution in [0, 0.1) is 0 Å². The van der Waals surface area contributed by atoms with Crippen molar-refractivity contribution in [1.29, 1.82) is 0 Å². The number of rotatable bonds is 7. The monoisotopic (exact) mass is 203 g/mol. The molecule has 0 spiro atoms. The van der Waals surface area contributed by atoms with Crippen LogP contribution in [0.15, 0.2) is 0 Å². The second kappa shape index (κ2) is 5.98. The molecule has 4 nitrogen and oxygen atoms in total. The molecule has 3 N–H and O–H groups in total. The van der Waals surface area contributed by atoms with Crippen LogP contribution < -0.4 is 5.32 Å². The molecule has 0 saturated heterocycles. The molecule has 1 atom stereocenters. The number of aliphatic carboxylic acids is 1. The molecular weight excluding hydrogens is 182 g/mol. The van der Waals surface area contributed by atoms with E-state index in [1.807, 2.05) is 20.8 Å². The lowest BCUT2D eigenvalue weighted by molar-refractivity contribution is -0.137. The second-order valence-electron chi connectivity index (χ2n) is 3.79. The van der Waals surface area contributed by atoms with Crippen LogP contribution in [0.1, 0.15) is 40.0 Å². The number of nitrogens with one attached hydrogen (secondary N) is 1. The first-order valence-corrected chi connectivity index (χ1v) is 5.10. The highest BCUT2D eigenvalue weighted by molar-refractivity contribution is 5.67. The van der Waals surface area contributed by atoms with Gasteiger partial charge in [-0.25, -0.2) is 0 Å². The first-order valence-electron chi connectivity index (χ1n) is 5.10. The molecular formula is C10H21NO3. The third-order valence-corrected chi connectivity index (χ3v) is 2.69.